The van der Waals surface area contributed by atoms with Gasteiger partial charge in [0.25, 0.3) is 0 Å². The van der Waals surface area contributed by atoms with Gasteiger partial charge in [0.1, 0.15) is 5.75 Å². The number of aromatic hydroxyl groups is 1. The Hall–Kier alpha value is -1.24. The fourth-order valence-electron chi connectivity index (χ4n) is 3.38. The summed E-state index contributed by atoms with van der Waals surface area (Å²) in [5, 5.41) is 10.1. The number of benzene rings is 1. The third-order valence-corrected chi connectivity index (χ3v) is 4.45. The maximum atomic E-state index is 10.1. The largest absolute Gasteiger partial charge is 0.507 e. The second kappa shape index (κ2) is 5.51. The normalized spacial score (nSPS) is 16.7. The molecule has 2 rings (SSSR count). The highest BCUT2D eigenvalue weighted by atomic mass is 16.3. The van der Waals surface area contributed by atoms with Crippen molar-refractivity contribution in [3.63, 3.8) is 0 Å². The second-order valence-electron chi connectivity index (χ2n) is 8.69. The molecule has 1 N–H and O–H groups in total. The van der Waals surface area contributed by atoms with E-state index in [1.165, 1.54) is 11.1 Å². The molecule has 0 aromatic heterocycles. The summed E-state index contributed by atoms with van der Waals surface area (Å²) in [4.78, 5) is 0. The third kappa shape index (κ3) is 3.70. The number of rotatable bonds is 2. The maximum absolute atomic E-state index is 10.1. The molecule has 0 bridgehead atoms. The minimum atomic E-state index is 0.221. The average molecular weight is 286 g/mol. The molecule has 0 amide bonds. The molecule has 1 aliphatic rings. The average Bonchev–Trinajstić information content (AvgIpc) is 2.35. The SMILES string of the molecule is CC(C)(C)CC(c1ccc(O)c2c1CCC=C2)C(C)(C)C. The van der Waals surface area contributed by atoms with Gasteiger partial charge < -0.3 is 5.11 Å². The highest BCUT2D eigenvalue weighted by Crippen LogP contribution is 2.46. The van der Waals surface area contributed by atoms with Crippen molar-refractivity contribution < 1.29 is 5.11 Å². The molecule has 116 valence electrons. The molecule has 1 unspecified atom stereocenters. The van der Waals surface area contributed by atoms with Crippen LogP contribution in [-0.2, 0) is 6.42 Å². The molecule has 1 aromatic carbocycles. The lowest BCUT2D eigenvalue weighted by Crippen LogP contribution is -2.25. The van der Waals surface area contributed by atoms with Crippen LogP contribution in [0.25, 0.3) is 6.08 Å². The fourth-order valence-corrected chi connectivity index (χ4v) is 3.38. The molecule has 0 aliphatic heterocycles. The minimum Gasteiger partial charge on any atom is -0.507 e. The summed E-state index contributed by atoms with van der Waals surface area (Å²) in [6.07, 6.45) is 7.55. The summed E-state index contributed by atoms with van der Waals surface area (Å²) in [6.45, 7) is 14.0. The van der Waals surface area contributed by atoms with Crippen LogP contribution in [0.4, 0.5) is 0 Å². The maximum Gasteiger partial charge on any atom is 0.123 e. The summed E-state index contributed by atoms with van der Waals surface area (Å²) in [7, 11) is 0. The summed E-state index contributed by atoms with van der Waals surface area (Å²) in [6, 6.07) is 4.04. The van der Waals surface area contributed by atoms with Crippen molar-refractivity contribution in [2.45, 2.75) is 66.7 Å². The van der Waals surface area contributed by atoms with Crippen LogP contribution in [0.1, 0.15) is 77.0 Å². The van der Waals surface area contributed by atoms with Crippen molar-refractivity contribution in [2.75, 3.05) is 0 Å². The molecule has 0 saturated heterocycles. The highest BCUT2D eigenvalue weighted by molar-refractivity contribution is 5.65. The number of hydrogen-bond acceptors (Lipinski definition) is 1. The van der Waals surface area contributed by atoms with E-state index in [0.717, 1.165) is 24.8 Å². The Morgan fingerprint density at radius 3 is 2.33 bits per heavy atom. The number of allylic oxidation sites excluding steroid dienone is 1. The summed E-state index contributed by atoms with van der Waals surface area (Å²) >= 11 is 0. The molecule has 1 aromatic rings. The first-order chi connectivity index (χ1) is 9.59. The lowest BCUT2D eigenvalue weighted by atomic mass is 9.67. The minimum absolute atomic E-state index is 0.221. The van der Waals surface area contributed by atoms with E-state index in [2.05, 4.69) is 59.8 Å². The van der Waals surface area contributed by atoms with E-state index in [4.69, 9.17) is 0 Å². The van der Waals surface area contributed by atoms with Crippen LogP contribution in [0.15, 0.2) is 18.2 Å². The first-order valence-electron chi connectivity index (χ1n) is 8.11. The highest BCUT2D eigenvalue weighted by Gasteiger charge is 2.32. The Morgan fingerprint density at radius 2 is 1.76 bits per heavy atom. The topological polar surface area (TPSA) is 20.2 Å². The van der Waals surface area contributed by atoms with Crippen LogP contribution in [0.2, 0.25) is 0 Å². The van der Waals surface area contributed by atoms with E-state index >= 15 is 0 Å². The number of phenols is 1. The molecule has 0 radical (unpaired) electrons. The second-order valence-corrected chi connectivity index (χ2v) is 8.69. The molecule has 0 fully saturated rings. The van der Waals surface area contributed by atoms with Crippen molar-refractivity contribution in [2.24, 2.45) is 10.8 Å². The first kappa shape index (κ1) is 16.1. The van der Waals surface area contributed by atoms with Gasteiger partial charge >= 0.3 is 0 Å². The molecule has 1 heteroatoms. The molecule has 0 spiro atoms. The molecule has 21 heavy (non-hydrogen) atoms. The summed E-state index contributed by atoms with van der Waals surface area (Å²) in [5.41, 5.74) is 4.37. The van der Waals surface area contributed by atoms with Crippen molar-refractivity contribution in [1.29, 1.82) is 0 Å². The zero-order chi connectivity index (χ0) is 15.8. The van der Waals surface area contributed by atoms with Gasteiger partial charge in [0.2, 0.25) is 0 Å². The van der Waals surface area contributed by atoms with Crippen molar-refractivity contribution in [3.05, 3.63) is 34.9 Å². The monoisotopic (exact) mass is 286 g/mol. The number of hydrogen-bond donors (Lipinski definition) is 1. The Bertz CT molecular complexity index is 538. The zero-order valence-electron chi connectivity index (χ0n) is 14.5. The molecule has 0 heterocycles. The lowest BCUT2D eigenvalue weighted by molar-refractivity contribution is 0.228. The Kier molecular flexibility index (Phi) is 4.24. The smallest absolute Gasteiger partial charge is 0.123 e. The van der Waals surface area contributed by atoms with Gasteiger partial charge in [-0.3, -0.25) is 0 Å². The van der Waals surface area contributed by atoms with Gasteiger partial charge in [0, 0.05) is 5.56 Å². The van der Waals surface area contributed by atoms with Crippen LogP contribution in [0.3, 0.4) is 0 Å². The molecular formula is C20H30O. The van der Waals surface area contributed by atoms with Crippen molar-refractivity contribution in [3.8, 4) is 5.75 Å². The molecule has 1 aliphatic carbocycles. The van der Waals surface area contributed by atoms with Gasteiger partial charge in [-0.25, -0.2) is 0 Å². The number of fused-ring (bicyclic) bond motifs is 1. The lowest BCUT2D eigenvalue weighted by Gasteiger charge is -2.38. The summed E-state index contributed by atoms with van der Waals surface area (Å²) in [5.74, 6) is 0.937. The quantitative estimate of drug-likeness (QED) is 0.715. The third-order valence-electron chi connectivity index (χ3n) is 4.45. The van der Waals surface area contributed by atoms with Gasteiger partial charge in [-0.05, 0) is 53.2 Å². The van der Waals surface area contributed by atoms with Crippen LogP contribution in [0.5, 0.6) is 5.75 Å². The van der Waals surface area contributed by atoms with E-state index in [1.54, 1.807) is 0 Å². The molecular weight excluding hydrogens is 256 g/mol. The predicted molar refractivity (Wildman–Crippen MR) is 91.7 cm³/mol. The van der Waals surface area contributed by atoms with E-state index < -0.39 is 0 Å². The Labute approximate surface area is 130 Å². The van der Waals surface area contributed by atoms with Gasteiger partial charge in [-0.2, -0.15) is 0 Å². The first-order valence-corrected chi connectivity index (χ1v) is 8.11. The Balaban J connectivity index is 2.54. The van der Waals surface area contributed by atoms with Gasteiger partial charge in [0.05, 0.1) is 0 Å². The van der Waals surface area contributed by atoms with Crippen molar-refractivity contribution in [1.82, 2.24) is 0 Å². The number of phenolic OH excluding ortho intramolecular Hbond substituents is 1. The van der Waals surface area contributed by atoms with Crippen LogP contribution < -0.4 is 0 Å². The van der Waals surface area contributed by atoms with Crippen LogP contribution in [-0.4, -0.2) is 5.11 Å². The standard InChI is InChI=1S/C20H30O/c1-19(2,3)13-17(20(4,5)6)15-11-12-18(21)16-10-8-7-9-14(15)16/h8,10-12,17,21H,7,9,13H2,1-6H3. The van der Waals surface area contributed by atoms with Gasteiger partial charge in [-0.1, -0.05) is 59.8 Å². The summed E-state index contributed by atoms with van der Waals surface area (Å²) < 4.78 is 0. The van der Waals surface area contributed by atoms with E-state index in [9.17, 15) is 5.11 Å². The molecule has 1 nitrogen and oxygen atoms in total. The van der Waals surface area contributed by atoms with Crippen molar-refractivity contribution >= 4 is 6.08 Å². The Morgan fingerprint density at radius 1 is 1.10 bits per heavy atom. The van der Waals surface area contributed by atoms with Crippen LogP contribution >= 0.6 is 0 Å². The van der Waals surface area contributed by atoms with E-state index in [-0.39, 0.29) is 5.41 Å². The van der Waals surface area contributed by atoms with Crippen LogP contribution in [0, 0.1) is 10.8 Å². The van der Waals surface area contributed by atoms with E-state index in [1.807, 2.05) is 6.07 Å². The van der Waals surface area contributed by atoms with Gasteiger partial charge in [-0.15, -0.1) is 0 Å². The van der Waals surface area contributed by atoms with Gasteiger partial charge in [0.15, 0.2) is 0 Å². The molecule has 0 saturated carbocycles. The predicted octanol–water partition coefficient (Wildman–Crippen LogP) is 5.92. The zero-order valence-corrected chi connectivity index (χ0v) is 14.5. The fraction of sp³-hybridized carbons (Fsp3) is 0.600. The molecule has 1 atom stereocenters. The van der Waals surface area contributed by atoms with E-state index in [0.29, 0.717) is 17.1 Å².